The molecular formula is C25H15N3. The summed E-state index contributed by atoms with van der Waals surface area (Å²) in [5.74, 6) is 0.786. The Kier molecular flexibility index (Phi) is 2.40. The molecule has 28 heavy (non-hydrogen) atoms. The van der Waals surface area contributed by atoms with E-state index in [9.17, 15) is 5.26 Å². The van der Waals surface area contributed by atoms with Gasteiger partial charge in [-0.3, -0.25) is 0 Å². The molecule has 1 fully saturated rings. The summed E-state index contributed by atoms with van der Waals surface area (Å²) in [6.07, 6.45) is 3.22. The third-order valence-electron chi connectivity index (χ3n) is 7.19. The fourth-order valence-corrected chi connectivity index (χ4v) is 6.19. The summed E-state index contributed by atoms with van der Waals surface area (Å²) < 4.78 is 2.40. The smallest absolute Gasteiger partial charge is 0.192 e. The van der Waals surface area contributed by atoms with Crippen LogP contribution in [0.2, 0.25) is 0 Å². The van der Waals surface area contributed by atoms with E-state index in [1.807, 2.05) is 12.1 Å². The summed E-state index contributed by atoms with van der Waals surface area (Å²) in [4.78, 5) is 3.91. The highest BCUT2D eigenvalue weighted by molar-refractivity contribution is 6.24. The molecule has 0 spiro atoms. The molecule has 2 unspecified atom stereocenters. The van der Waals surface area contributed by atoms with Crippen LogP contribution >= 0.6 is 0 Å². The van der Waals surface area contributed by atoms with Crippen molar-refractivity contribution in [3.05, 3.63) is 70.6 Å². The zero-order valence-corrected chi connectivity index (χ0v) is 15.2. The van der Waals surface area contributed by atoms with Gasteiger partial charge >= 0.3 is 0 Å². The number of nitrogens with zero attached hydrogens (tertiary/aromatic N) is 3. The Balaban J connectivity index is 1.93. The summed E-state index contributed by atoms with van der Waals surface area (Å²) in [5.41, 5.74) is 7.73. The third kappa shape index (κ3) is 1.41. The first-order chi connectivity index (χ1) is 13.8. The lowest BCUT2D eigenvalue weighted by Crippen LogP contribution is -2.05. The SMILES string of the molecule is [C-]#[N+]c1ccc2c3cccc4c5ccc(C#N)c6c5n(c2c1C1CCC6C1)c43. The van der Waals surface area contributed by atoms with E-state index in [0.717, 1.165) is 30.5 Å². The van der Waals surface area contributed by atoms with Crippen molar-refractivity contribution < 1.29 is 0 Å². The molecule has 2 aliphatic rings. The van der Waals surface area contributed by atoms with E-state index in [1.165, 1.54) is 49.2 Å². The highest BCUT2D eigenvalue weighted by atomic mass is 14.9. The lowest BCUT2D eigenvalue weighted by Gasteiger charge is -2.21. The van der Waals surface area contributed by atoms with Crippen LogP contribution in [0.1, 0.15) is 47.8 Å². The fourth-order valence-electron chi connectivity index (χ4n) is 6.19. The third-order valence-corrected chi connectivity index (χ3v) is 7.19. The van der Waals surface area contributed by atoms with Crippen molar-refractivity contribution in [2.75, 3.05) is 0 Å². The van der Waals surface area contributed by atoms with Gasteiger partial charge in [-0.1, -0.05) is 36.4 Å². The predicted molar refractivity (Wildman–Crippen MR) is 111 cm³/mol. The van der Waals surface area contributed by atoms with Gasteiger partial charge in [0.1, 0.15) is 0 Å². The second kappa shape index (κ2) is 4.64. The van der Waals surface area contributed by atoms with E-state index in [1.54, 1.807) is 0 Å². The van der Waals surface area contributed by atoms with Crippen molar-refractivity contribution in [2.45, 2.75) is 31.1 Å². The zero-order chi connectivity index (χ0) is 18.6. The molecule has 3 heterocycles. The molecule has 2 bridgehead atoms. The highest BCUT2D eigenvalue weighted by Gasteiger charge is 2.36. The maximum Gasteiger partial charge on any atom is 0.192 e. The second-order valence-electron chi connectivity index (χ2n) is 8.29. The fraction of sp³-hybridized carbons (Fsp3) is 0.200. The van der Waals surface area contributed by atoms with Crippen LogP contribution < -0.4 is 0 Å². The number of benzene rings is 3. The molecule has 0 radical (unpaired) electrons. The molecule has 3 nitrogen and oxygen atoms in total. The summed E-state index contributed by atoms with van der Waals surface area (Å²) in [6, 6.07) is 17.3. The Morgan fingerprint density at radius 1 is 0.857 bits per heavy atom. The van der Waals surface area contributed by atoms with E-state index < -0.39 is 0 Å². The van der Waals surface area contributed by atoms with Crippen molar-refractivity contribution in [1.29, 1.82) is 5.26 Å². The van der Waals surface area contributed by atoms with Crippen LogP contribution in [0.25, 0.3) is 42.9 Å². The van der Waals surface area contributed by atoms with E-state index in [-0.39, 0.29) is 0 Å². The van der Waals surface area contributed by atoms with Gasteiger partial charge in [-0.2, -0.15) is 5.26 Å². The first kappa shape index (κ1) is 14.5. The van der Waals surface area contributed by atoms with Gasteiger partial charge in [0.15, 0.2) is 5.69 Å². The molecule has 0 amide bonds. The topological polar surface area (TPSA) is 32.6 Å². The summed E-state index contributed by atoms with van der Waals surface area (Å²) in [5, 5.41) is 14.9. The zero-order valence-electron chi connectivity index (χ0n) is 15.2. The number of para-hydroxylation sites is 1. The van der Waals surface area contributed by atoms with Gasteiger partial charge in [0.2, 0.25) is 0 Å². The molecule has 0 N–H and O–H groups in total. The molecule has 0 saturated heterocycles. The minimum absolute atomic E-state index is 0.392. The quantitative estimate of drug-likeness (QED) is 0.286. The maximum atomic E-state index is 9.88. The van der Waals surface area contributed by atoms with E-state index in [4.69, 9.17) is 6.57 Å². The second-order valence-corrected chi connectivity index (χ2v) is 8.29. The standard InChI is InChI=1S/C25H15N3/c1-27-20-10-9-19-17-4-2-3-16-18-8-7-15(12-26)21-13-5-6-14(11-13)22(20)25(19)28(23(16)17)24(18)21/h2-4,7-10,13-14H,5-6,11H2. The molecule has 1 aliphatic heterocycles. The van der Waals surface area contributed by atoms with E-state index in [2.05, 4.69) is 45.6 Å². The molecule has 3 aromatic carbocycles. The largest absolute Gasteiger partial charge is 0.309 e. The van der Waals surface area contributed by atoms with Crippen molar-refractivity contribution >= 4 is 43.8 Å². The van der Waals surface area contributed by atoms with Crippen molar-refractivity contribution in [3.63, 3.8) is 0 Å². The Morgan fingerprint density at radius 2 is 1.50 bits per heavy atom. The Labute approximate surface area is 161 Å². The minimum atomic E-state index is 0.392. The molecule has 2 aromatic heterocycles. The van der Waals surface area contributed by atoms with Gasteiger partial charge in [0, 0.05) is 27.1 Å². The average molecular weight is 357 g/mol. The molecule has 2 atom stereocenters. The monoisotopic (exact) mass is 357 g/mol. The Bertz CT molecular complexity index is 1460. The predicted octanol–water partition coefficient (Wildman–Crippen LogP) is 6.62. The number of hydrogen-bond donors (Lipinski definition) is 0. The highest BCUT2D eigenvalue weighted by Crippen LogP contribution is 2.54. The molecule has 1 saturated carbocycles. The normalized spacial score (nSPS) is 20.4. The van der Waals surface area contributed by atoms with Gasteiger partial charge < -0.3 is 4.40 Å². The van der Waals surface area contributed by atoms with Crippen LogP contribution in [-0.2, 0) is 0 Å². The van der Waals surface area contributed by atoms with Crippen LogP contribution in [0.4, 0.5) is 5.69 Å². The van der Waals surface area contributed by atoms with Crippen molar-refractivity contribution in [1.82, 2.24) is 4.40 Å². The Morgan fingerprint density at radius 3 is 2.21 bits per heavy atom. The van der Waals surface area contributed by atoms with Crippen LogP contribution in [0, 0.1) is 17.9 Å². The maximum absolute atomic E-state index is 9.88. The molecule has 3 heteroatoms. The lowest BCUT2D eigenvalue weighted by atomic mass is 9.86. The summed E-state index contributed by atoms with van der Waals surface area (Å²) in [6.45, 7) is 7.79. The van der Waals surface area contributed by atoms with Crippen molar-refractivity contribution in [2.24, 2.45) is 0 Å². The number of rotatable bonds is 0. The molecule has 1 aliphatic carbocycles. The Hall–Kier alpha value is -3.56. The van der Waals surface area contributed by atoms with E-state index in [0.29, 0.717) is 11.8 Å². The van der Waals surface area contributed by atoms with Gasteiger partial charge in [-0.15, -0.1) is 0 Å². The van der Waals surface area contributed by atoms with Gasteiger partial charge in [0.25, 0.3) is 0 Å². The number of fused-ring (bicyclic) bond motifs is 6. The lowest BCUT2D eigenvalue weighted by molar-refractivity contribution is 0.687. The van der Waals surface area contributed by atoms with Crippen LogP contribution in [-0.4, -0.2) is 4.40 Å². The number of nitriles is 1. The van der Waals surface area contributed by atoms with Crippen molar-refractivity contribution in [3.8, 4) is 6.07 Å². The van der Waals surface area contributed by atoms with Crippen LogP contribution in [0.3, 0.4) is 0 Å². The first-order valence-corrected chi connectivity index (χ1v) is 9.87. The van der Waals surface area contributed by atoms with Gasteiger partial charge in [-0.05, 0) is 48.3 Å². The average Bonchev–Trinajstić information content (AvgIpc) is 3.42. The van der Waals surface area contributed by atoms with Crippen LogP contribution in [0.5, 0.6) is 0 Å². The van der Waals surface area contributed by atoms with Gasteiger partial charge in [0.05, 0.1) is 29.2 Å². The van der Waals surface area contributed by atoms with Gasteiger partial charge in [-0.25, -0.2) is 4.85 Å². The van der Waals surface area contributed by atoms with E-state index >= 15 is 0 Å². The number of hydrogen-bond acceptors (Lipinski definition) is 1. The molecule has 7 rings (SSSR count). The molecule has 5 aromatic rings. The molecule has 130 valence electrons. The van der Waals surface area contributed by atoms with Crippen LogP contribution in [0.15, 0.2) is 42.5 Å². The number of aromatic nitrogens is 1. The summed E-state index contributed by atoms with van der Waals surface area (Å²) >= 11 is 0. The minimum Gasteiger partial charge on any atom is -0.309 e. The first-order valence-electron chi connectivity index (χ1n) is 9.87. The molecular weight excluding hydrogens is 342 g/mol. The summed E-state index contributed by atoms with van der Waals surface area (Å²) in [7, 11) is 0.